The number of hydrogen-bond donors (Lipinski definition) is 2. The monoisotopic (exact) mass is 205 g/mol. The molecule has 0 amide bonds. The molecule has 0 aliphatic carbocycles. The molecule has 0 aliphatic rings. The van der Waals surface area contributed by atoms with E-state index in [1.165, 1.54) is 0 Å². The molecule has 3 N–H and O–H groups in total. The smallest absolute Gasteiger partial charge is 0.121 e. The number of phenols is 1. The Balaban J connectivity index is 3.43. The van der Waals surface area contributed by atoms with E-state index in [2.05, 4.69) is 27.4 Å². The first-order chi connectivity index (χ1) is 6.73. The Morgan fingerprint density at radius 3 is 2.27 bits per heavy atom. The molecule has 0 spiro atoms. The number of anilines is 1. The molecule has 0 saturated heterocycles. The molecule has 15 heavy (non-hydrogen) atoms. The fourth-order valence-corrected chi connectivity index (χ4v) is 1.57. The summed E-state index contributed by atoms with van der Waals surface area (Å²) in [4.78, 5) is 0. The minimum Gasteiger partial charge on any atom is -0.508 e. The molecular formula is C13H19NO. The standard InChI is InChI=1S/C13H19NO/c1-8(2)9-6-10(13(3,4)5)12(15)7-11(9)14/h6-7,15H,1,14H2,2-5H3. The quantitative estimate of drug-likeness (QED) is 0.691. The summed E-state index contributed by atoms with van der Waals surface area (Å²) in [5, 5.41) is 9.82. The fraction of sp³-hybridized carbons (Fsp3) is 0.385. The Morgan fingerprint density at radius 1 is 1.33 bits per heavy atom. The third kappa shape index (κ3) is 2.32. The van der Waals surface area contributed by atoms with Crippen LogP contribution in [0.4, 0.5) is 5.69 Å². The highest BCUT2D eigenvalue weighted by atomic mass is 16.3. The van der Waals surface area contributed by atoms with Crippen LogP contribution in [0.15, 0.2) is 18.7 Å². The molecule has 82 valence electrons. The van der Waals surface area contributed by atoms with Gasteiger partial charge in [0.1, 0.15) is 5.75 Å². The van der Waals surface area contributed by atoms with Crippen molar-refractivity contribution in [3.8, 4) is 5.75 Å². The van der Waals surface area contributed by atoms with Gasteiger partial charge in [-0.25, -0.2) is 0 Å². The molecule has 0 unspecified atom stereocenters. The van der Waals surface area contributed by atoms with E-state index >= 15 is 0 Å². The number of aromatic hydroxyl groups is 1. The summed E-state index contributed by atoms with van der Waals surface area (Å²) in [7, 11) is 0. The van der Waals surface area contributed by atoms with Crippen LogP contribution in [0.5, 0.6) is 5.75 Å². The third-order valence-electron chi connectivity index (χ3n) is 2.44. The average Bonchev–Trinajstić information content (AvgIpc) is 2.00. The Labute approximate surface area is 91.4 Å². The number of allylic oxidation sites excluding steroid dienone is 1. The average molecular weight is 205 g/mol. The Morgan fingerprint density at radius 2 is 1.87 bits per heavy atom. The SMILES string of the molecule is C=C(C)c1cc(C(C)(C)C)c(O)cc1N. The van der Waals surface area contributed by atoms with Crippen molar-refractivity contribution in [1.82, 2.24) is 0 Å². The van der Waals surface area contributed by atoms with Crippen LogP contribution >= 0.6 is 0 Å². The normalized spacial score (nSPS) is 11.5. The number of rotatable bonds is 1. The Hall–Kier alpha value is -1.44. The molecule has 1 aromatic carbocycles. The van der Waals surface area contributed by atoms with Crippen molar-refractivity contribution in [2.45, 2.75) is 33.1 Å². The second-order valence-electron chi connectivity index (χ2n) is 4.99. The molecule has 0 bridgehead atoms. The van der Waals surface area contributed by atoms with Gasteiger partial charge in [0.2, 0.25) is 0 Å². The molecule has 0 saturated carbocycles. The topological polar surface area (TPSA) is 46.2 Å². The maximum atomic E-state index is 9.82. The summed E-state index contributed by atoms with van der Waals surface area (Å²) < 4.78 is 0. The lowest BCUT2D eigenvalue weighted by atomic mass is 9.84. The molecule has 0 aliphatic heterocycles. The molecule has 1 rings (SSSR count). The molecule has 1 aromatic rings. The summed E-state index contributed by atoms with van der Waals surface area (Å²) in [5.74, 6) is 0.255. The van der Waals surface area contributed by atoms with Crippen LogP contribution in [-0.2, 0) is 5.41 Å². The zero-order chi connectivity index (χ0) is 11.8. The molecule has 0 atom stereocenters. The van der Waals surface area contributed by atoms with Crippen molar-refractivity contribution in [2.24, 2.45) is 0 Å². The fourth-order valence-electron chi connectivity index (χ4n) is 1.57. The van der Waals surface area contributed by atoms with Crippen molar-refractivity contribution >= 4 is 11.3 Å². The largest absolute Gasteiger partial charge is 0.508 e. The van der Waals surface area contributed by atoms with Crippen molar-refractivity contribution < 1.29 is 5.11 Å². The van der Waals surface area contributed by atoms with Crippen molar-refractivity contribution in [3.05, 3.63) is 29.8 Å². The molecule has 0 radical (unpaired) electrons. The Kier molecular flexibility index (Phi) is 2.80. The lowest BCUT2D eigenvalue weighted by Gasteiger charge is -2.22. The molecule has 0 heterocycles. The minimum atomic E-state index is -0.0953. The second-order valence-corrected chi connectivity index (χ2v) is 4.99. The molecular weight excluding hydrogens is 186 g/mol. The van der Waals surface area contributed by atoms with Crippen LogP contribution in [0.3, 0.4) is 0 Å². The van der Waals surface area contributed by atoms with E-state index in [0.29, 0.717) is 5.69 Å². The molecule has 0 fully saturated rings. The van der Waals surface area contributed by atoms with E-state index in [1.54, 1.807) is 6.07 Å². The number of nitrogens with two attached hydrogens (primary N) is 1. The highest BCUT2D eigenvalue weighted by Gasteiger charge is 2.19. The summed E-state index contributed by atoms with van der Waals surface area (Å²) in [6, 6.07) is 3.53. The van der Waals surface area contributed by atoms with E-state index in [9.17, 15) is 5.11 Å². The van der Waals surface area contributed by atoms with Crippen LogP contribution in [0.1, 0.15) is 38.8 Å². The maximum Gasteiger partial charge on any atom is 0.121 e. The number of hydrogen-bond acceptors (Lipinski definition) is 2. The summed E-state index contributed by atoms with van der Waals surface area (Å²) >= 11 is 0. The minimum absolute atomic E-state index is 0.0953. The van der Waals surface area contributed by atoms with Gasteiger partial charge in [-0.2, -0.15) is 0 Å². The van der Waals surface area contributed by atoms with Gasteiger partial charge in [0.25, 0.3) is 0 Å². The van der Waals surface area contributed by atoms with Crippen molar-refractivity contribution in [2.75, 3.05) is 5.73 Å². The van der Waals surface area contributed by atoms with Gasteiger partial charge in [-0.3, -0.25) is 0 Å². The summed E-state index contributed by atoms with van der Waals surface area (Å²) in [5.41, 5.74) is 9.02. The van der Waals surface area contributed by atoms with Gasteiger partial charge < -0.3 is 10.8 Å². The summed E-state index contributed by atoms with van der Waals surface area (Å²) in [6.07, 6.45) is 0. The lowest BCUT2D eigenvalue weighted by molar-refractivity contribution is 0.447. The number of nitrogen functional groups attached to an aromatic ring is 1. The predicted molar refractivity (Wildman–Crippen MR) is 65.9 cm³/mol. The van der Waals surface area contributed by atoms with E-state index in [0.717, 1.165) is 16.7 Å². The van der Waals surface area contributed by atoms with Crippen LogP contribution in [0.25, 0.3) is 5.57 Å². The predicted octanol–water partition coefficient (Wildman–Crippen LogP) is 3.31. The Bertz CT molecular complexity index is 400. The zero-order valence-electron chi connectivity index (χ0n) is 9.89. The third-order valence-corrected chi connectivity index (χ3v) is 2.44. The van der Waals surface area contributed by atoms with Gasteiger partial charge in [0, 0.05) is 17.3 Å². The van der Waals surface area contributed by atoms with Gasteiger partial charge in [0.15, 0.2) is 0 Å². The van der Waals surface area contributed by atoms with Crippen LogP contribution < -0.4 is 5.73 Å². The first kappa shape index (κ1) is 11.6. The molecule has 0 aromatic heterocycles. The first-order valence-corrected chi connectivity index (χ1v) is 5.02. The van der Waals surface area contributed by atoms with Gasteiger partial charge >= 0.3 is 0 Å². The summed E-state index contributed by atoms with van der Waals surface area (Å²) in [6.45, 7) is 12.0. The van der Waals surface area contributed by atoms with E-state index in [-0.39, 0.29) is 11.2 Å². The highest BCUT2D eigenvalue weighted by molar-refractivity contribution is 5.75. The van der Waals surface area contributed by atoms with Crippen LogP contribution in [0.2, 0.25) is 0 Å². The first-order valence-electron chi connectivity index (χ1n) is 5.02. The maximum absolute atomic E-state index is 9.82. The lowest BCUT2D eigenvalue weighted by Crippen LogP contribution is -2.12. The molecule has 2 heteroatoms. The van der Waals surface area contributed by atoms with E-state index in [4.69, 9.17) is 5.73 Å². The number of benzene rings is 1. The van der Waals surface area contributed by atoms with Crippen LogP contribution in [-0.4, -0.2) is 5.11 Å². The number of phenolic OH excluding ortho intramolecular Hbond substituents is 1. The van der Waals surface area contributed by atoms with E-state index < -0.39 is 0 Å². The van der Waals surface area contributed by atoms with Gasteiger partial charge in [-0.15, -0.1) is 0 Å². The van der Waals surface area contributed by atoms with E-state index in [1.807, 2.05) is 13.0 Å². The zero-order valence-corrected chi connectivity index (χ0v) is 9.89. The highest BCUT2D eigenvalue weighted by Crippen LogP contribution is 2.35. The van der Waals surface area contributed by atoms with Crippen LogP contribution in [0, 0.1) is 0 Å². The van der Waals surface area contributed by atoms with Gasteiger partial charge in [-0.05, 0) is 29.5 Å². The van der Waals surface area contributed by atoms with Gasteiger partial charge in [-0.1, -0.05) is 27.4 Å². The van der Waals surface area contributed by atoms with Gasteiger partial charge in [0.05, 0.1) is 0 Å². The second kappa shape index (κ2) is 3.61. The molecule has 2 nitrogen and oxygen atoms in total. The van der Waals surface area contributed by atoms with Crippen molar-refractivity contribution in [1.29, 1.82) is 0 Å². The van der Waals surface area contributed by atoms with Crippen molar-refractivity contribution in [3.63, 3.8) is 0 Å².